The highest BCUT2D eigenvalue weighted by atomic mass is 35.5. The minimum atomic E-state index is -0.0768. The Hall–Kier alpha value is -1.13. The summed E-state index contributed by atoms with van der Waals surface area (Å²) in [6, 6.07) is 3.69. The van der Waals surface area contributed by atoms with Gasteiger partial charge in [-0.3, -0.25) is 4.79 Å². The summed E-state index contributed by atoms with van der Waals surface area (Å²) in [5.74, 6) is 0. The van der Waals surface area contributed by atoms with Crippen molar-refractivity contribution in [1.29, 1.82) is 0 Å². The molecule has 0 saturated heterocycles. The molecule has 5 heteroatoms. The Kier molecular flexibility index (Phi) is 2.88. The van der Waals surface area contributed by atoms with Crippen LogP contribution in [0.3, 0.4) is 0 Å². The van der Waals surface area contributed by atoms with Crippen LogP contribution in [0.5, 0.6) is 0 Å². The first-order chi connectivity index (χ1) is 7.22. The number of aromatic amines is 1. The van der Waals surface area contributed by atoms with Crippen LogP contribution in [0.4, 0.5) is 0 Å². The highest BCUT2D eigenvalue weighted by Crippen LogP contribution is 2.30. The molecule has 3 nitrogen and oxygen atoms in total. The quantitative estimate of drug-likeness (QED) is 0.877. The predicted octanol–water partition coefficient (Wildman–Crippen LogP) is 2.71. The summed E-state index contributed by atoms with van der Waals surface area (Å²) in [7, 11) is 0. The standard InChI is InChI=1S/C10H9ClN2OS/c1-2-6-9(12-5-13-10(6)14)7-3-4-8(11)15-7/h3-5H,2H2,1H3,(H,12,13,14). The molecule has 2 aromatic rings. The van der Waals surface area contributed by atoms with E-state index in [-0.39, 0.29) is 5.56 Å². The lowest BCUT2D eigenvalue weighted by Crippen LogP contribution is -2.13. The topological polar surface area (TPSA) is 45.8 Å². The lowest BCUT2D eigenvalue weighted by atomic mass is 10.1. The van der Waals surface area contributed by atoms with E-state index in [2.05, 4.69) is 9.97 Å². The molecular formula is C10H9ClN2OS. The molecule has 0 fully saturated rings. The highest BCUT2D eigenvalue weighted by molar-refractivity contribution is 7.19. The van der Waals surface area contributed by atoms with Crippen LogP contribution in [-0.2, 0) is 6.42 Å². The van der Waals surface area contributed by atoms with E-state index in [4.69, 9.17) is 11.6 Å². The van der Waals surface area contributed by atoms with Crippen molar-refractivity contribution in [3.05, 3.63) is 38.7 Å². The third-order valence-electron chi connectivity index (χ3n) is 2.11. The number of nitrogens with one attached hydrogen (secondary N) is 1. The van der Waals surface area contributed by atoms with Gasteiger partial charge in [-0.2, -0.15) is 0 Å². The third kappa shape index (κ3) is 1.96. The van der Waals surface area contributed by atoms with Crippen LogP contribution in [0.15, 0.2) is 23.3 Å². The molecule has 15 heavy (non-hydrogen) atoms. The molecule has 0 aliphatic rings. The van der Waals surface area contributed by atoms with Gasteiger partial charge in [-0.05, 0) is 18.6 Å². The Morgan fingerprint density at radius 3 is 2.93 bits per heavy atom. The van der Waals surface area contributed by atoms with Crippen LogP contribution < -0.4 is 5.56 Å². The zero-order chi connectivity index (χ0) is 10.8. The second kappa shape index (κ2) is 4.16. The van der Waals surface area contributed by atoms with Gasteiger partial charge < -0.3 is 4.98 Å². The first kappa shape index (κ1) is 10.4. The second-order valence-electron chi connectivity index (χ2n) is 3.02. The number of nitrogens with zero attached hydrogens (tertiary/aromatic N) is 1. The number of H-pyrrole nitrogens is 1. The fourth-order valence-corrected chi connectivity index (χ4v) is 2.48. The van der Waals surface area contributed by atoms with Crippen molar-refractivity contribution in [2.24, 2.45) is 0 Å². The van der Waals surface area contributed by atoms with Gasteiger partial charge >= 0.3 is 0 Å². The molecule has 0 amide bonds. The first-order valence-electron chi connectivity index (χ1n) is 4.54. The van der Waals surface area contributed by atoms with Crippen molar-refractivity contribution in [1.82, 2.24) is 9.97 Å². The van der Waals surface area contributed by atoms with Gasteiger partial charge in [0.1, 0.15) is 0 Å². The molecule has 0 aromatic carbocycles. The Labute approximate surface area is 95.8 Å². The van der Waals surface area contributed by atoms with Crippen LogP contribution in [0.1, 0.15) is 12.5 Å². The van der Waals surface area contributed by atoms with Crippen molar-refractivity contribution < 1.29 is 0 Å². The molecule has 0 aliphatic heterocycles. The average Bonchev–Trinajstić information content (AvgIpc) is 2.64. The Morgan fingerprint density at radius 2 is 2.33 bits per heavy atom. The number of aromatic nitrogens is 2. The molecule has 0 unspecified atom stereocenters. The summed E-state index contributed by atoms with van der Waals surface area (Å²) >= 11 is 7.28. The van der Waals surface area contributed by atoms with E-state index in [0.717, 1.165) is 10.6 Å². The van der Waals surface area contributed by atoms with E-state index in [1.807, 2.05) is 19.1 Å². The first-order valence-corrected chi connectivity index (χ1v) is 5.74. The van der Waals surface area contributed by atoms with E-state index >= 15 is 0 Å². The van der Waals surface area contributed by atoms with Crippen LogP contribution >= 0.6 is 22.9 Å². The number of rotatable bonds is 2. The summed E-state index contributed by atoms with van der Waals surface area (Å²) in [5, 5.41) is 0. The van der Waals surface area contributed by atoms with Crippen molar-refractivity contribution in [2.75, 3.05) is 0 Å². The van der Waals surface area contributed by atoms with Crippen molar-refractivity contribution in [3.63, 3.8) is 0 Å². The van der Waals surface area contributed by atoms with E-state index in [1.54, 1.807) is 0 Å². The normalized spacial score (nSPS) is 10.5. The van der Waals surface area contributed by atoms with Gasteiger partial charge in [-0.1, -0.05) is 18.5 Å². The number of hydrogen-bond donors (Lipinski definition) is 1. The molecule has 0 aliphatic carbocycles. The molecule has 1 N–H and O–H groups in total. The van der Waals surface area contributed by atoms with Gasteiger partial charge in [0.05, 0.1) is 21.2 Å². The van der Waals surface area contributed by atoms with E-state index in [1.165, 1.54) is 17.7 Å². The van der Waals surface area contributed by atoms with Crippen LogP contribution in [0, 0.1) is 0 Å². The van der Waals surface area contributed by atoms with E-state index in [9.17, 15) is 4.79 Å². The Balaban J connectivity index is 2.62. The molecule has 78 valence electrons. The summed E-state index contributed by atoms with van der Waals surface area (Å²) in [4.78, 5) is 19.2. The van der Waals surface area contributed by atoms with Crippen molar-refractivity contribution in [3.8, 4) is 10.6 Å². The number of thiophene rings is 1. The maximum Gasteiger partial charge on any atom is 0.254 e. The summed E-state index contributed by atoms with van der Waals surface area (Å²) in [6.07, 6.45) is 2.08. The molecule has 2 heterocycles. The van der Waals surface area contributed by atoms with Crippen molar-refractivity contribution >= 4 is 22.9 Å². The molecule has 2 rings (SSSR count). The van der Waals surface area contributed by atoms with Crippen molar-refractivity contribution in [2.45, 2.75) is 13.3 Å². The zero-order valence-electron chi connectivity index (χ0n) is 8.08. The van der Waals surface area contributed by atoms with Gasteiger partial charge in [0.2, 0.25) is 0 Å². The molecule has 0 radical (unpaired) electrons. The fourth-order valence-electron chi connectivity index (χ4n) is 1.41. The minimum absolute atomic E-state index is 0.0768. The molecule has 0 spiro atoms. The molecule has 0 saturated carbocycles. The largest absolute Gasteiger partial charge is 0.313 e. The van der Waals surface area contributed by atoms with Crippen LogP contribution in [0.25, 0.3) is 10.6 Å². The van der Waals surface area contributed by atoms with Crippen LogP contribution in [0.2, 0.25) is 4.34 Å². The smallest absolute Gasteiger partial charge is 0.254 e. The van der Waals surface area contributed by atoms with Gasteiger partial charge in [-0.15, -0.1) is 11.3 Å². The average molecular weight is 241 g/mol. The van der Waals surface area contributed by atoms with E-state index < -0.39 is 0 Å². The molecule has 0 bridgehead atoms. The Morgan fingerprint density at radius 1 is 1.53 bits per heavy atom. The van der Waals surface area contributed by atoms with Gasteiger partial charge in [0.25, 0.3) is 5.56 Å². The predicted molar refractivity (Wildman–Crippen MR) is 62.6 cm³/mol. The monoisotopic (exact) mass is 240 g/mol. The summed E-state index contributed by atoms with van der Waals surface area (Å²) in [6.45, 7) is 1.94. The minimum Gasteiger partial charge on any atom is -0.313 e. The van der Waals surface area contributed by atoms with Gasteiger partial charge in [0.15, 0.2) is 0 Å². The van der Waals surface area contributed by atoms with Gasteiger partial charge in [0, 0.05) is 5.56 Å². The number of hydrogen-bond acceptors (Lipinski definition) is 3. The molecular weight excluding hydrogens is 232 g/mol. The fraction of sp³-hybridized carbons (Fsp3) is 0.200. The van der Waals surface area contributed by atoms with Crippen LogP contribution in [-0.4, -0.2) is 9.97 Å². The summed E-state index contributed by atoms with van der Waals surface area (Å²) in [5.41, 5.74) is 1.36. The lowest BCUT2D eigenvalue weighted by molar-refractivity contribution is 1.01. The van der Waals surface area contributed by atoms with E-state index in [0.29, 0.717) is 16.3 Å². The SMILES string of the molecule is CCc1c(-c2ccc(Cl)s2)nc[nH]c1=O. The highest BCUT2D eigenvalue weighted by Gasteiger charge is 2.10. The Bertz CT molecular complexity index is 532. The zero-order valence-corrected chi connectivity index (χ0v) is 9.65. The maximum atomic E-state index is 11.5. The third-order valence-corrected chi connectivity index (χ3v) is 3.35. The molecule has 0 atom stereocenters. The van der Waals surface area contributed by atoms with Gasteiger partial charge in [-0.25, -0.2) is 4.98 Å². The second-order valence-corrected chi connectivity index (χ2v) is 4.73. The lowest BCUT2D eigenvalue weighted by Gasteiger charge is -2.01. The molecule has 2 aromatic heterocycles. The maximum absolute atomic E-state index is 11.5. The summed E-state index contributed by atoms with van der Waals surface area (Å²) < 4.78 is 0.703. The number of halogens is 1.